The number of halogens is 2. The van der Waals surface area contributed by atoms with Crippen LogP contribution in [0.1, 0.15) is 80.0 Å². The van der Waals surface area contributed by atoms with Crippen LogP contribution in [-0.2, 0) is 11.2 Å². The van der Waals surface area contributed by atoms with E-state index in [1.165, 1.54) is 0 Å². The van der Waals surface area contributed by atoms with Gasteiger partial charge in [0.1, 0.15) is 17.1 Å². The predicted molar refractivity (Wildman–Crippen MR) is 147 cm³/mol. The number of methoxy groups -OCH3 is 1. The molecule has 0 saturated heterocycles. The summed E-state index contributed by atoms with van der Waals surface area (Å²) in [7, 11) is 1.64. The minimum absolute atomic E-state index is 0.0333. The zero-order chi connectivity index (χ0) is 26.5. The second-order valence-electron chi connectivity index (χ2n) is 12.2. The van der Waals surface area contributed by atoms with Crippen molar-refractivity contribution in [2.24, 2.45) is 22.7 Å². The van der Waals surface area contributed by atoms with Gasteiger partial charge in [0.25, 0.3) is 5.91 Å². The van der Waals surface area contributed by atoms with Crippen LogP contribution in [0.3, 0.4) is 0 Å². The Morgan fingerprint density at radius 3 is 2.62 bits per heavy atom. The Labute approximate surface area is 231 Å². The van der Waals surface area contributed by atoms with Crippen LogP contribution < -0.4 is 14.8 Å². The molecule has 2 aromatic rings. The molecule has 37 heavy (non-hydrogen) atoms. The maximum atomic E-state index is 13.3. The fourth-order valence-corrected chi connectivity index (χ4v) is 9.23. The number of alkyl halides is 1. The molecule has 0 aromatic heterocycles. The summed E-state index contributed by atoms with van der Waals surface area (Å²) in [5, 5.41) is 2.58. The van der Waals surface area contributed by atoms with E-state index in [9.17, 15) is 9.59 Å². The zero-order valence-corrected chi connectivity index (χ0v) is 24.3. The highest BCUT2D eigenvalue weighted by Gasteiger charge is 2.69. The van der Waals surface area contributed by atoms with Crippen LogP contribution in [0.4, 0.5) is 0 Å². The Morgan fingerprint density at radius 1 is 1.16 bits per heavy atom. The maximum absolute atomic E-state index is 13.3. The number of para-hydroxylation sites is 1. The molecule has 7 heteroatoms. The average molecular weight is 587 g/mol. The third-order valence-electron chi connectivity index (χ3n) is 10.2. The number of ether oxygens (including phenoxy) is 2. The van der Waals surface area contributed by atoms with Crippen molar-refractivity contribution in [2.45, 2.75) is 70.4 Å². The van der Waals surface area contributed by atoms with E-state index in [2.05, 4.69) is 41.2 Å². The summed E-state index contributed by atoms with van der Waals surface area (Å²) in [6, 6.07) is 9.43. The van der Waals surface area contributed by atoms with Crippen LogP contribution in [0, 0.1) is 22.7 Å². The van der Waals surface area contributed by atoms with Crippen LogP contribution in [0.25, 0.3) is 0 Å². The number of amides is 1. The molecule has 196 valence electrons. The van der Waals surface area contributed by atoms with E-state index in [4.69, 9.17) is 21.1 Å². The van der Waals surface area contributed by atoms with Crippen LogP contribution in [0.15, 0.2) is 34.8 Å². The van der Waals surface area contributed by atoms with Crippen LogP contribution in [0.2, 0.25) is 0 Å². The van der Waals surface area contributed by atoms with Crippen molar-refractivity contribution >= 4 is 39.2 Å². The second kappa shape index (κ2) is 8.22. The minimum Gasteiger partial charge on any atom is -0.496 e. The normalized spacial score (nSPS) is 35.4. The van der Waals surface area contributed by atoms with Gasteiger partial charge in [0.2, 0.25) is 0 Å². The molecule has 5 nitrogen and oxygen atoms in total. The SMILES string of the molecule is COc1ccccc1C1NC(=O)c2c(Br)cc3c(c21)O[C@@]12CC(Cl)C(=O)C(C)(C)[C@@H]1CC[C@H](C)[C@@]2(C)C3. The van der Waals surface area contributed by atoms with Crippen molar-refractivity contribution in [3.8, 4) is 11.5 Å². The molecule has 2 aliphatic heterocycles. The first-order chi connectivity index (χ1) is 17.5. The standard InChI is InChI=1S/C30H33BrClNO4/c1-15-10-11-21-28(2,3)26(34)19(32)14-30(21)29(15,4)13-16-12-18(31)22-23(25(16)37-30)24(33-27(22)35)17-8-6-7-9-20(17)36-5/h6-9,12,15,19,21,24H,10-11,13-14H2,1-5H3,(H,33,35)/t15-,19?,21-,24?,29+,30-/m0/s1. The van der Waals surface area contributed by atoms with Crippen molar-refractivity contribution in [3.63, 3.8) is 0 Å². The van der Waals surface area contributed by atoms with Crippen molar-refractivity contribution in [2.75, 3.05) is 7.11 Å². The number of ketones is 1. The molecule has 1 amide bonds. The largest absolute Gasteiger partial charge is 0.496 e. The maximum Gasteiger partial charge on any atom is 0.253 e. The van der Waals surface area contributed by atoms with Gasteiger partial charge in [-0.05, 0) is 58.8 Å². The molecule has 4 aliphatic rings. The third-order valence-corrected chi connectivity index (χ3v) is 11.2. The Morgan fingerprint density at radius 2 is 1.89 bits per heavy atom. The quantitative estimate of drug-likeness (QED) is 0.402. The lowest BCUT2D eigenvalue weighted by Crippen LogP contribution is -2.71. The number of benzene rings is 2. The number of rotatable bonds is 2. The lowest BCUT2D eigenvalue weighted by atomic mass is 9.44. The van der Waals surface area contributed by atoms with Gasteiger partial charge in [-0.2, -0.15) is 0 Å². The number of hydrogen-bond donors (Lipinski definition) is 1. The molecular weight excluding hydrogens is 554 g/mol. The molecule has 2 unspecified atom stereocenters. The first kappa shape index (κ1) is 25.2. The van der Waals surface area contributed by atoms with Gasteiger partial charge >= 0.3 is 0 Å². The van der Waals surface area contributed by atoms with E-state index in [1.807, 2.05) is 38.1 Å². The first-order valence-electron chi connectivity index (χ1n) is 13.1. The van der Waals surface area contributed by atoms with Gasteiger partial charge in [-0.3, -0.25) is 9.59 Å². The number of hydrogen-bond acceptors (Lipinski definition) is 4. The fourth-order valence-electron chi connectivity index (χ4n) is 8.05. The van der Waals surface area contributed by atoms with E-state index < -0.39 is 22.4 Å². The smallest absolute Gasteiger partial charge is 0.253 e. The van der Waals surface area contributed by atoms with Crippen LogP contribution >= 0.6 is 27.5 Å². The molecule has 1 spiro atoms. The summed E-state index contributed by atoms with van der Waals surface area (Å²) in [6.45, 7) is 8.72. The molecule has 2 fully saturated rings. The van der Waals surface area contributed by atoms with Gasteiger partial charge in [0.15, 0.2) is 5.78 Å². The topological polar surface area (TPSA) is 64.6 Å². The highest BCUT2D eigenvalue weighted by Crippen LogP contribution is 2.66. The molecule has 1 N–H and O–H groups in total. The van der Waals surface area contributed by atoms with Gasteiger partial charge in [-0.15, -0.1) is 11.6 Å². The molecule has 2 aromatic carbocycles. The highest BCUT2D eigenvalue weighted by atomic mass is 79.9. The molecule has 6 rings (SSSR count). The summed E-state index contributed by atoms with van der Waals surface area (Å²) < 4.78 is 13.8. The van der Waals surface area contributed by atoms with Crippen LogP contribution in [-0.4, -0.2) is 29.8 Å². The predicted octanol–water partition coefficient (Wildman–Crippen LogP) is 6.62. The third kappa shape index (κ3) is 3.21. The Hall–Kier alpha value is -2.05. The molecule has 2 heterocycles. The summed E-state index contributed by atoms with van der Waals surface area (Å²) in [5.74, 6) is 1.87. The highest BCUT2D eigenvalue weighted by molar-refractivity contribution is 9.10. The summed E-state index contributed by atoms with van der Waals surface area (Å²) in [4.78, 5) is 26.7. The summed E-state index contributed by atoms with van der Waals surface area (Å²) in [5.41, 5.74) is 1.99. The monoisotopic (exact) mass is 585 g/mol. The van der Waals surface area contributed by atoms with E-state index in [-0.39, 0.29) is 23.0 Å². The molecule has 2 saturated carbocycles. The van der Waals surface area contributed by atoms with Gasteiger partial charge in [0, 0.05) is 38.8 Å². The lowest BCUT2D eigenvalue weighted by Gasteiger charge is -2.66. The van der Waals surface area contributed by atoms with Gasteiger partial charge in [-0.25, -0.2) is 0 Å². The Balaban J connectivity index is 1.60. The average Bonchev–Trinajstić information content (AvgIpc) is 3.20. The van der Waals surface area contributed by atoms with Gasteiger partial charge in [-0.1, -0.05) is 45.9 Å². The Kier molecular flexibility index (Phi) is 5.61. The second-order valence-corrected chi connectivity index (χ2v) is 13.5. The minimum atomic E-state index is -0.611. The van der Waals surface area contributed by atoms with Crippen molar-refractivity contribution in [3.05, 3.63) is 57.1 Å². The number of fused-ring (bicyclic) bond motifs is 3. The number of nitrogens with one attached hydrogen (secondary N) is 1. The van der Waals surface area contributed by atoms with E-state index in [0.29, 0.717) is 23.7 Å². The van der Waals surface area contributed by atoms with Crippen molar-refractivity contribution < 1.29 is 19.1 Å². The lowest BCUT2D eigenvalue weighted by molar-refractivity contribution is -0.208. The van der Waals surface area contributed by atoms with E-state index >= 15 is 0 Å². The number of Topliss-reactive ketones (excluding diaryl/α,β-unsaturated/α-hetero) is 1. The fraction of sp³-hybridized carbons (Fsp3) is 0.533. The van der Waals surface area contributed by atoms with Crippen LogP contribution in [0.5, 0.6) is 11.5 Å². The van der Waals surface area contributed by atoms with Gasteiger partial charge in [0.05, 0.1) is 24.1 Å². The number of carbonyl (C=O) groups is 2. The van der Waals surface area contributed by atoms with Crippen molar-refractivity contribution in [1.82, 2.24) is 5.32 Å². The molecule has 0 radical (unpaired) electrons. The molecule has 0 bridgehead atoms. The molecular formula is C30H33BrClNO4. The summed E-state index contributed by atoms with van der Waals surface area (Å²) >= 11 is 10.5. The molecule has 2 aliphatic carbocycles. The van der Waals surface area contributed by atoms with Crippen molar-refractivity contribution in [1.29, 1.82) is 0 Å². The van der Waals surface area contributed by atoms with E-state index in [1.54, 1.807) is 7.11 Å². The summed E-state index contributed by atoms with van der Waals surface area (Å²) in [6.07, 6.45) is 3.24. The first-order valence-corrected chi connectivity index (χ1v) is 14.4. The van der Waals surface area contributed by atoms with E-state index in [0.717, 1.165) is 46.2 Å². The molecule has 6 atom stereocenters. The zero-order valence-electron chi connectivity index (χ0n) is 21.9. The van der Waals surface area contributed by atoms with Gasteiger partial charge < -0.3 is 14.8 Å². The number of carbonyl (C=O) groups excluding carboxylic acids is 2. The Bertz CT molecular complexity index is 1340.